The van der Waals surface area contributed by atoms with Crippen LogP contribution in [0.15, 0.2) is 24.3 Å². The number of aliphatic carboxylic acids is 1. The molecule has 1 N–H and O–H groups in total. The molecule has 0 heterocycles. The van der Waals surface area contributed by atoms with E-state index in [-0.39, 0.29) is 24.6 Å². The molecule has 0 radical (unpaired) electrons. The first-order valence-corrected chi connectivity index (χ1v) is 10.7. The van der Waals surface area contributed by atoms with E-state index in [1.807, 2.05) is 45.0 Å². The molecular weight excluding hydrogens is 384 g/mol. The van der Waals surface area contributed by atoms with Crippen LogP contribution in [0.3, 0.4) is 0 Å². The van der Waals surface area contributed by atoms with Crippen LogP contribution in [0.5, 0.6) is 5.75 Å². The summed E-state index contributed by atoms with van der Waals surface area (Å²) in [6.07, 6.45) is 3.86. The number of carbonyl (C=O) groups is 3. The maximum absolute atomic E-state index is 13.0. The van der Waals surface area contributed by atoms with Crippen molar-refractivity contribution in [2.75, 3.05) is 7.11 Å². The van der Waals surface area contributed by atoms with Gasteiger partial charge in [0.1, 0.15) is 17.1 Å². The number of carbonyl (C=O) groups excluding carboxylic acids is 2. The lowest BCUT2D eigenvalue weighted by atomic mass is 9.76. The van der Waals surface area contributed by atoms with Crippen molar-refractivity contribution >= 4 is 17.7 Å². The summed E-state index contributed by atoms with van der Waals surface area (Å²) < 4.78 is 10.8. The first-order valence-electron chi connectivity index (χ1n) is 10.7. The summed E-state index contributed by atoms with van der Waals surface area (Å²) in [5, 5.41) is 9.28. The third-order valence-electron chi connectivity index (χ3n) is 5.74. The fraction of sp³-hybridized carbons (Fsp3) is 0.625. The van der Waals surface area contributed by atoms with Gasteiger partial charge < -0.3 is 14.6 Å². The summed E-state index contributed by atoms with van der Waals surface area (Å²) in [6, 6.07) is 7.49. The van der Waals surface area contributed by atoms with E-state index in [4.69, 9.17) is 9.47 Å². The molecule has 1 aliphatic carbocycles. The summed E-state index contributed by atoms with van der Waals surface area (Å²) in [6.45, 7) is 5.46. The van der Waals surface area contributed by atoms with E-state index in [9.17, 15) is 19.5 Å². The van der Waals surface area contributed by atoms with Gasteiger partial charge >= 0.3 is 11.9 Å². The number of carboxylic acid groups (broad SMARTS) is 1. The van der Waals surface area contributed by atoms with Crippen molar-refractivity contribution < 1.29 is 29.0 Å². The Labute approximate surface area is 179 Å². The molecule has 1 unspecified atom stereocenters. The van der Waals surface area contributed by atoms with Crippen LogP contribution in [0, 0.1) is 11.3 Å². The zero-order chi connectivity index (χ0) is 22.4. The Morgan fingerprint density at radius 1 is 1.10 bits per heavy atom. The van der Waals surface area contributed by atoms with Gasteiger partial charge in [0.15, 0.2) is 0 Å². The highest BCUT2D eigenvalue weighted by molar-refractivity contribution is 5.89. The zero-order valence-electron chi connectivity index (χ0n) is 18.5. The molecule has 1 aromatic carbocycles. The Morgan fingerprint density at radius 3 is 2.20 bits per heavy atom. The molecule has 0 aromatic heterocycles. The van der Waals surface area contributed by atoms with Crippen LogP contribution in [0.2, 0.25) is 0 Å². The van der Waals surface area contributed by atoms with Crippen molar-refractivity contribution in [1.29, 1.82) is 0 Å². The van der Waals surface area contributed by atoms with Gasteiger partial charge in [0.25, 0.3) is 0 Å². The maximum atomic E-state index is 13.0. The molecule has 2 rings (SSSR count). The molecule has 0 saturated heterocycles. The van der Waals surface area contributed by atoms with Crippen LogP contribution >= 0.6 is 0 Å². The Hall–Kier alpha value is -2.37. The highest BCUT2D eigenvalue weighted by atomic mass is 16.6. The lowest BCUT2D eigenvalue weighted by Crippen LogP contribution is -2.33. The van der Waals surface area contributed by atoms with Gasteiger partial charge in [0, 0.05) is 11.8 Å². The molecule has 1 saturated carbocycles. The van der Waals surface area contributed by atoms with E-state index < -0.39 is 22.9 Å². The number of ether oxygens (including phenoxy) is 2. The van der Waals surface area contributed by atoms with Gasteiger partial charge in [-0.15, -0.1) is 0 Å². The number of carboxylic acids is 1. The fourth-order valence-corrected chi connectivity index (χ4v) is 4.20. The number of methoxy groups -OCH3 is 1. The number of hydrogen-bond donors (Lipinski definition) is 1. The van der Waals surface area contributed by atoms with E-state index in [0.29, 0.717) is 25.7 Å². The second kappa shape index (κ2) is 10.1. The first-order chi connectivity index (χ1) is 14.0. The van der Waals surface area contributed by atoms with E-state index in [0.717, 1.165) is 24.2 Å². The fourth-order valence-electron chi connectivity index (χ4n) is 4.20. The van der Waals surface area contributed by atoms with Crippen molar-refractivity contribution in [2.45, 2.75) is 77.7 Å². The van der Waals surface area contributed by atoms with Crippen LogP contribution in [0.1, 0.15) is 71.3 Å². The molecule has 0 amide bonds. The summed E-state index contributed by atoms with van der Waals surface area (Å²) in [7, 11) is 1.60. The molecule has 1 aromatic rings. The minimum Gasteiger partial charge on any atom is -0.497 e. The molecule has 166 valence electrons. The second-order valence-corrected chi connectivity index (χ2v) is 9.30. The van der Waals surface area contributed by atoms with Crippen LogP contribution in [0.4, 0.5) is 0 Å². The number of benzene rings is 1. The lowest BCUT2D eigenvalue weighted by molar-refractivity contribution is -0.160. The van der Waals surface area contributed by atoms with Gasteiger partial charge in [-0.05, 0) is 64.2 Å². The third-order valence-corrected chi connectivity index (χ3v) is 5.74. The average molecular weight is 419 g/mol. The molecule has 6 heteroatoms. The Bertz CT molecular complexity index is 738. The molecule has 1 fully saturated rings. The van der Waals surface area contributed by atoms with Crippen LogP contribution < -0.4 is 4.74 Å². The van der Waals surface area contributed by atoms with Crippen LogP contribution in [-0.2, 0) is 25.5 Å². The Morgan fingerprint density at radius 2 is 1.70 bits per heavy atom. The number of rotatable bonds is 10. The van der Waals surface area contributed by atoms with Crippen molar-refractivity contribution in [3.05, 3.63) is 29.8 Å². The normalized spacial score (nSPS) is 16.7. The summed E-state index contributed by atoms with van der Waals surface area (Å²) in [5.41, 5.74) is -0.431. The number of ketones is 1. The molecular formula is C24H34O6. The summed E-state index contributed by atoms with van der Waals surface area (Å²) in [5.74, 6) is -1.04. The van der Waals surface area contributed by atoms with Crippen molar-refractivity contribution in [3.63, 3.8) is 0 Å². The Kier molecular flexibility index (Phi) is 8.04. The molecule has 6 nitrogen and oxygen atoms in total. The zero-order valence-corrected chi connectivity index (χ0v) is 18.5. The SMILES string of the molecule is COc1ccc(CC(CCC(=O)C2(CC(=O)O)CCCC2)C(=O)OC(C)(C)C)cc1. The summed E-state index contributed by atoms with van der Waals surface area (Å²) >= 11 is 0. The van der Waals surface area contributed by atoms with Gasteiger partial charge in [-0.1, -0.05) is 25.0 Å². The van der Waals surface area contributed by atoms with E-state index >= 15 is 0 Å². The minimum absolute atomic E-state index is 0.0364. The highest BCUT2D eigenvalue weighted by Crippen LogP contribution is 2.43. The van der Waals surface area contributed by atoms with Crippen LogP contribution in [-0.4, -0.2) is 35.5 Å². The predicted octanol–water partition coefficient (Wildman–Crippen LogP) is 4.58. The minimum atomic E-state index is -0.938. The molecule has 0 spiro atoms. The largest absolute Gasteiger partial charge is 0.497 e. The third kappa shape index (κ3) is 6.85. The van der Waals surface area contributed by atoms with Gasteiger partial charge in [-0.3, -0.25) is 14.4 Å². The van der Waals surface area contributed by atoms with Gasteiger partial charge in [-0.2, -0.15) is 0 Å². The number of hydrogen-bond acceptors (Lipinski definition) is 5. The molecule has 30 heavy (non-hydrogen) atoms. The number of Topliss-reactive ketones (excluding diaryl/α,β-unsaturated/α-hetero) is 1. The van der Waals surface area contributed by atoms with E-state index in [1.54, 1.807) is 7.11 Å². The predicted molar refractivity (Wildman–Crippen MR) is 113 cm³/mol. The monoisotopic (exact) mass is 418 g/mol. The van der Waals surface area contributed by atoms with Crippen LogP contribution in [0.25, 0.3) is 0 Å². The standard InChI is InChI=1S/C24H34O6/c1-23(2,3)30-22(28)18(15-17-7-10-19(29-4)11-8-17)9-12-20(25)24(16-21(26)27)13-5-6-14-24/h7-8,10-11,18H,5-6,9,12-16H2,1-4H3,(H,26,27). The highest BCUT2D eigenvalue weighted by Gasteiger charge is 2.42. The van der Waals surface area contributed by atoms with E-state index in [2.05, 4.69) is 0 Å². The number of esters is 1. The maximum Gasteiger partial charge on any atom is 0.309 e. The molecule has 1 atom stereocenters. The van der Waals surface area contributed by atoms with Gasteiger partial charge in [0.05, 0.1) is 19.4 Å². The second-order valence-electron chi connectivity index (χ2n) is 9.30. The van der Waals surface area contributed by atoms with E-state index in [1.165, 1.54) is 0 Å². The van der Waals surface area contributed by atoms with Gasteiger partial charge in [0.2, 0.25) is 0 Å². The van der Waals surface area contributed by atoms with Crippen molar-refractivity contribution in [3.8, 4) is 5.75 Å². The first kappa shape index (κ1) is 23.9. The summed E-state index contributed by atoms with van der Waals surface area (Å²) in [4.78, 5) is 37.2. The molecule has 0 aliphatic heterocycles. The smallest absolute Gasteiger partial charge is 0.309 e. The lowest BCUT2D eigenvalue weighted by Gasteiger charge is -2.27. The topological polar surface area (TPSA) is 89.9 Å². The van der Waals surface area contributed by atoms with Crippen molar-refractivity contribution in [1.82, 2.24) is 0 Å². The van der Waals surface area contributed by atoms with Crippen molar-refractivity contribution in [2.24, 2.45) is 11.3 Å². The van der Waals surface area contributed by atoms with Gasteiger partial charge in [-0.25, -0.2) is 0 Å². The quantitative estimate of drug-likeness (QED) is 0.559. The molecule has 0 bridgehead atoms. The molecule has 1 aliphatic rings. The average Bonchev–Trinajstić information content (AvgIpc) is 3.12. The Balaban J connectivity index is 2.12.